The van der Waals surface area contributed by atoms with Crippen molar-refractivity contribution in [2.75, 3.05) is 0 Å². The van der Waals surface area contributed by atoms with E-state index in [-0.39, 0.29) is 0 Å². The van der Waals surface area contributed by atoms with Crippen LogP contribution in [0.15, 0.2) is 24.3 Å². The summed E-state index contributed by atoms with van der Waals surface area (Å²) in [6.45, 7) is 0. The van der Waals surface area contributed by atoms with E-state index in [0.717, 1.165) is 12.7 Å². The molecule has 12 heavy (non-hydrogen) atoms. The van der Waals surface area contributed by atoms with Gasteiger partial charge in [0.25, 0.3) is 0 Å². The molecule has 2 rings (SSSR count). The van der Waals surface area contributed by atoms with E-state index in [9.17, 15) is 0 Å². The molecule has 1 aliphatic rings. The Balaban J connectivity index is 2.42. The van der Waals surface area contributed by atoms with Gasteiger partial charge in [-0.3, -0.25) is 0 Å². The highest BCUT2D eigenvalue weighted by Gasteiger charge is 2.01. The molecular formula is C11H10B. The molecule has 0 fully saturated rings. The molecule has 0 N–H and O–H groups in total. The van der Waals surface area contributed by atoms with Crippen molar-refractivity contribution in [2.45, 2.75) is 19.2 Å². The highest BCUT2D eigenvalue weighted by Crippen LogP contribution is 2.01. The van der Waals surface area contributed by atoms with Crippen molar-refractivity contribution in [2.24, 2.45) is 0 Å². The largest absolute Gasteiger partial charge is 0.153 e. The predicted molar refractivity (Wildman–Crippen MR) is 52.7 cm³/mol. The third-order valence-electron chi connectivity index (χ3n) is 2.05. The first-order valence-electron chi connectivity index (χ1n) is 4.38. The van der Waals surface area contributed by atoms with E-state index in [2.05, 4.69) is 37.3 Å². The van der Waals surface area contributed by atoms with Gasteiger partial charge in [-0.25, -0.2) is 0 Å². The minimum Gasteiger partial charge on any atom is -0.0979 e. The van der Waals surface area contributed by atoms with Crippen molar-refractivity contribution < 1.29 is 0 Å². The Morgan fingerprint density at radius 1 is 1.25 bits per heavy atom. The molecule has 1 heterocycles. The van der Waals surface area contributed by atoms with Gasteiger partial charge < -0.3 is 0 Å². The van der Waals surface area contributed by atoms with Crippen LogP contribution in [0.3, 0.4) is 0 Å². The minimum absolute atomic E-state index is 1.03. The Morgan fingerprint density at radius 3 is 3.17 bits per heavy atom. The molecule has 0 saturated carbocycles. The van der Waals surface area contributed by atoms with Gasteiger partial charge >= 0.3 is 0 Å². The lowest BCUT2D eigenvalue weighted by atomic mass is 9.64. The first-order valence-corrected chi connectivity index (χ1v) is 4.38. The standard InChI is InChI=1S/C11H10B/c1-2-6-10-7-3-4-8-11(10)12-9-5-1/h3-4,7-8H,1,5,9H2. The van der Waals surface area contributed by atoms with E-state index < -0.39 is 0 Å². The summed E-state index contributed by atoms with van der Waals surface area (Å²) in [5.74, 6) is 6.36. The third kappa shape index (κ3) is 1.53. The first-order chi connectivity index (χ1) is 5.97. The molecule has 0 spiro atoms. The second-order valence-corrected chi connectivity index (χ2v) is 2.99. The summed E-state index contributed by atoms with van der Waals surface area (Å²) in [4.78, 5) is 0. The van der Waals surface area contributed by atoms with E-state index in [1.165, 1.54) is 17.4 Å². The fourth-order valence-corrected chi connectivity index (χ4v) is 1.39. The zero-order valence-corrected chi connectivity index (χ0v) is 7.01. The average molecular weight is 153 g/mol. The lowest BCUT2D eigenvalue weighted by Crippen LogP contribution is -2.17. The van der Waals surface area contributed by atoms with Crippen LogP contribution in [0.2, 0.25) is 6.32 Å². The lowest BCUT2D eigenvalue weighted by Gasteiger charge is -2.04. The van der Waals surface area contributed by atoms with Gasteiger partial charge in [0.2, 0.25) is 0 Å². The molecule has 1 heteroatoms. The summed E-state index contributed by atoms with van der Waals surface area (Å²) in [5, 5.41) is 0. The first kappa shape index (κ1) is 7.49. The van der Waals surface area contributed by atoms with E-state index in [0.29, 0.717) is 0 Å². The number of fused-ring (bicyclic) bond motifs is 1. The highest BCUT2D eigenvalue weighted by atomic mass is 13.9. The maximum atomic E-state index is 3.18. The zero-order chi connectivity index (χ0) is 8.23. The summed E-state index contributed by atoms with van der Waals surface area (Å²) < 4.78 is 0. The fraction of sp³-hybridized carbons (Fsp3) is 0.273. The van der Waals surface area contributed by atoms with Crippen LogP contribution in [0.25, 0.3) is 0 Å². The van der Waals surface area contributed by atoms with Crippen molar-refractivity contribution in [1.29, 1.82) is 0 Å². The van der Waals surface area contributed by atoms with Crippen molar-refractivity contribution in [3.05, 3.63) is 29.8 Å². The maximum absolute atomic E-state index is 3.18. The summed E-state index contributed by atoms with van der Waals surface area (Å²) >= 11 is 0. The molecule has 0 nitrogen and oxygen atoms in total. The topological polar surface area (TPSA) is 0 Å². The van der Waals surface area contributed by atoms with Crippen LogP contribution in [0.5, 0.6) is 0 Å². The fourth-order valence-electron chi connectivity index (χ4n) is 1.39. The SMILES string of the molecule is [B]1CCCC#Cc2ccccc21. The Bertz CT molecular complexity index is 330. The van der Waals surface area contributed by atoms with Gasteiger partial charge in [0.1, 0.15) is 0 Å². The van der Waals surface area contributed by atoms with Crippen LogP contribution in [0, 0.1) is 11.8 Å². The van der Waals surface area contributed by atoms with Crippen LogP contribution in [0.4, 0.5) is 0 Å². The lowest BCUT2D eigenvalue weighted by molar-refractivity contribution is 0.974. The second-order valence-electron chi connectivity index (χ2n) is 2.99. The molecule has 0 aliphatic carbocycles. The Kier molecular flexibility index (Phi) is 2.18. The number of hydrogen-bond donors (Lipinski definition) is 0. The van der Waals surface area contributed by atoms with Crippen LogP contribution in [-0.2, 0) is 0 Å². The van der Waals surface area contributed by atoms with Crippen molar-refractivity contribution in [3.8, 4) is 11.8 Å². The Labute approximate surface area is 74.2 Å². The van der Waals surface area contributed by atoms with Crippen LogP contribution in [-0.4, -0.2) is 7.28 Å². The molecule has 0 amide bonds. The van der Waals surface area contributed by atoms with Gasteiger partial charge in [0.05, 0.1) is 0 Å². The summed E-state index contributed by atoms with van der Waals surface area (Å²) in [5.41, 5.74) is 2.47. The van der Waals surface area contributed by atoms with Gasteiger partial charge in [0, 0.05) is 12.0 Å². The maximum Gasteiger partial charge on any atom is 0.153 e. The molecule has 1 aromatic rings. The second kappa shape index (κ2) is 3.49. The predicted octanol–water partition coefficient (Wildman–Crippen LogP) is 1.58. The van der Waals surface area contributed by atoms with Gasteiger partial charge in [-0.2, -0.15) is 0 Å². The molecule has 0 bridgehead atoms. The number of benzene rings is 1. The normalized spacial score (nSPS) is 14.3. The Morgan fingerprint density at radius 2 is 2.17 bits per heavy atom. The molecule has 1 aliphatic heterocycles. The van der Waals surface area contributed by atoms with Crippen molar-refractivity contribution in [3.63, 3.8) is 0 Å². The third-order valence-corrected chi connectivity index (χ3v) is 2.05. The Hall–Kier alpha value is -1.16. The monoisotopic (exact) mass is 153 g/mol. The van der Waals surface area contributed by atoms with Gasteiger partial charge in [0.15, 0.2) is 7.28 Å². The summed E-state index contributed by atoms with van der Waals surface area (Å²) in [7, 11) is 2.28. The van der Waals surface area contributed by atoms with Crippen LogP contribution in [0.1, 0.15) is 18.4 Å². The van der Waals surface area contributed by atoms with E-state index in [1.54, 1.807) is 0 Å². The van der Waals surface area contributed by atoms with Gasteiger partial charge in [-0.1, -0.05) is 41.8 Å². The van der Waals surface area contributed by atoms with E-state index in [1.807, 2.05) is 6.07 Å². The minimum atomic E-state index is 1.03. The van der Waals surface area contributed by atoms with E-state index in [4.69, 9.17) is 0 Å². The average Bonchev–Trinajstić information content (AvgIpc) is 2.06. The highest BCUT2D eigenvalue weighted by molar-refractivity contribution is 6.54. The smallest absolute Gasteiger partial charge is 0.0979 e. The molecule has 0 aromatic heterocycles. The molecule has 57 valence electrons. The van der Waals surface area contributed by atoms with Gasteiger partial charge in [-0.05, 0) is 12.5 Å². The van der Waals surface area contributed by atoms with E-state index >= 15 is 0 Å². The molecule has 0 saturated heterocycles. The van der Waals surface area contributed by atoms with Crippen molar-refractivity contribution in [1.82, 2.24) is 0 Å². The number of rotatable bonds is 0. The molecule has 1 aromatic carbocycles. The summed E-state index contributed by atoms with van der Waals surface area (Å²) in [6.07, 6.45) is 3.39. The van der Waals surface area contributed by atoms with Gasteiger partial charge in [-0.15, -0.1) is 0 Å². The molecule has 0 unspecified atom stereocenters. The summed E-state index contributed by atoms with van der Waals surface area (Å²) in [6, 6.07) is 8.33. The zero-order valence-electron chi connectivity index (χ0n) is 7.01. The molecular weight excluding hydrogens is 143 g/mol. The quantitative estimate of drug-likeness (QED) is 0.392. The number of hydrogen-bond acceptors (Lipinski definition) is 0. The van der Waals surface area contributed by atoms with Crippen LogP contribution < -0.4 is 5.46 Å². The molecule has 0 atom stereocenters. The van der Waals surface area contributed by atoms with Crippen LogP contribution >= 0.6 is 0 Å². The molecule has 1 radical (unpaired) electrons. The van der Waals surface area contributed by atoms with Crippen molar-refractivity contribution >= 4 is 12.7 Å².